The molecule has 0 aliphatic rings. The number of rotatable bonds is 7. The largest absolute Gasteiger partial charge is 0.870 e. The van der Waals surface area contributed by atoms with Crippen molar-refractivity contribution in [1.29, 1.82) is 0 Å². The average molecular weight is 332 g/mol. The summed E-state index contributed by atoms with van der Waals surface area (Å²) in [6.07, 6.45) is 5.55. The van der Waals surface area contributed by atoms with Crippen LogP contribution in [0, 0.1) is 0 Å². The van der Waals surface area contributed by atoms with Gasteiger partial charge >= 0.3 is 0 Å². The van der Waals surface area contributed by atoms with Crippen LogP contribution in [0.3, 0.4) is 0 Å². The molecular formula is C15H45N3O4. The van der Waals surface area contributed by atoms with E-state index in [1.807, 2.05) is 26.0 Å². The van der Waals surface area contributed by atoms with Gasteiger partial charge in [0, 0.05) is 0 Å². The van der Waals surface area contributed by atoms with Crippen LogP contribution in [-0.4, -0.2) is 112 Å². The first-order chi connectivity index (χ1) is 7.94. The molecule has 0 heterocycles. The molecule has 0 aromatic rings. The summed E-state index contributed by atoms with van der Waals surface area (Å²) >= 11 is 0. The number of hydrogen-bond acceptors (Lipinski definition) is 3. The Kier molecular flexibility index (Phi) is 32.2. The molecule has 6 N–H and O–H groups in total. The van der Waals surface area contributed by atoms with Gasteiger partial charge in [0.15, 0.2) is 0 Å². The van der Waals surface area contributed by atoms with Crippen LogP contribution < -0.4 is 0 Å². The minimum Gasteiger partial charge on any atom is -0.870 e. The first-order valence-electron chi connectivity index (χ1n) is 7.16. The maximum atomic E-state index is 2.27. The monoisotopic (exact) mass is 331 g/mol. The van der Waals surface area contributed by atoms with Gasteiger partial charge in [0.05, 0.1) is 55.4 Å². The molecule has 0 spiro atoms. The van der Waals surface area contributed by atoms with Gasteiger partial charge < -0.3 is 35.8 Å². The lowest BCUT2D eigenvalue weighted by molar-refractivity contribution is -0.871. The maximum Gasteiger partial charge on any atom is 0.0780 e. The zero-order valence-corrected chi connectivity index (χ0v) is 16.5. The van der Waals surface area contributed by atoms with Crippen LogP contribution in [0.4, 0.5) is 0 Å². The van der Waals surface area contributed by atoms with Gasteiger partial charge in [0.2, 0.25) is 0 Å². The number of nitrogens with zero attached hydrogens (tertiary/aromatic N) is 3. The Morgan fingerprint density at radius 1 is 0.545 bits per heavy atom. The molecule has 7 nitrogen and oxygen atoms in total. The molecule has 144 valence electrons. The van der Waals surface area contributed by atoms with Gasteiger partial charge in [0.25, 0.3) is 0 Å². The van der Waals surface area contributed by atoms with Gasteiger partial charge in [-0.15, -0.1) is 0 Å². The summed E-state index contributed by atoms with van der Waals surface area (Å²) in [4.78, 5) is 2.00. The standard InChI is InChI=1S/C12H30N2.C3H9N.4H2O/c1-13(2,3)11-9-7-8-10-12-14(4,5)6;1-4(2)3;;;;/h7-12H2,1-6H3;1-3H3;4*1H2/q+2;;;;;/p-2. The highest BCUT2D eigenvalue weighted by molar-refractivity contribution is 4.42. The van der Waals surface area contributed by atoms with E-state index in [1.54, 1.807) is 0 Å². The molecule has 0 radical (unpaired) electrons. The van der Waals surface area contributed by atoms with Gasteiger partial charge in [0.1, 0.15) is 0 Å². The third-order valence-corrected chi connectivity index (χ3v) is 2.41. The van der Waals surface area contributed by atoms with Crippen LogP contribution in [0.1, 0.15) is 25.7 Å². The fraction of sp³-hybridized carbons (Fsp3) is 1.00. The average Bonchev–Trinajstić information content (AvgIpc) is 2.06. The maximum absolute atomic E-state index is 2.27. The Morgan fingerprint density at radius 3 is 0.864 bits per heavy atom. The molecule has 0 saturated heterocycles. The SMILES string of the molecule is CN(C)C.C[N+](C)(C)CCCCCC[N+](C)(C)C.O.O.[OH-].[OH-]. The second-order valence-electron chi connectivity index (χ2n) is 7.78. The van der Waals surface area contributed by atoms with Crippen molar-refractivity contribution < 1.29 is 30.9 Å². The highest BCUT2D eigenvalue weighted by Crippen LogP contribution is 2.05. The van der Waals surface area contributed by atoms with Crippen molar-refractivity contribution >= 4 is 0 Å². The molecule has 0 bridgehead atoms. The van der Waals surface area contributed by atoms with Crippen molar-refractivity contribution in [2.45, 2.75) is 25.7 Å². The molecule has 0 aromatic heterocycles. The molecule has 0 unspecified atom stereocenters. The van der Waals surface area contributed by atoms with Crippen LogP contribution in [0.2, 0.25) is 0 Å². The van der Waals surface area contributed by atoms with E-state index in [1.165, 1.54) is 38.8 Å². The molecule has 0 atom stereocenters. The van der Waals surface area contributed by atoms with E-state index in [4.69, 9.17) is 0 Å². The highest BCUT2D eigenvalue weighted by atomic mass is 16.0. The van der Waals surface area contributed by atoms with Crippen molar-refractivity contribution in [3.8, 4) is 0 Å². The van der Waals surface area contributed by atoms with Crippen LogP contribution in [0.5, 0.6) is 0 Å². The molecule has 0 saturated carbocycles. The lowest BCUT2D eigenvalue weighted by atomic mass is 10.1. The van der Waals surface area contributed by atoms with Crippen LogP contribution in [0.15, 0.2) is 0 Å². The Labute approximate surface area is 138 Å². The minimum absolute atomic E-state index is 0. The summed E-state index contributed by atoms with van der Waals surface area (Å²) in [5, 5.41) is 0. The molecule has 0 amide bonds. The summed E-state index contributed by atoms with van der Waals surface area (Å²) in [6, 6.07) is 0. The van der Waals surface area contributed by atoms with E-state index in [9.17, 15) is 0 Å². The summed E-state index contributed by atoms with van der Waals surface area (Å²) in [5.41, 5.74) is 0. The minimum atomic E-state index is 0. The Bertz CT molecular complexity index is 169. The second kappa shape index (κ2) is 18.8. The predicted molar refractivity (Wildman–Crippen MR) is 95.0 cm³/mol. The summed E-state index contributed by atoms with van der Waals surface area (Å²) in [5.74, 6) is 0. The predicted octanol–water partition coefficient (Wildman–Crippen LogP) is 0.134. The normalized spacial score (nSPS) is 10.1. The van der Waals surface area contributed by atoms with Crippen molar-refractivity contribution in [2.75, 3.05) is 76.5 Å². The van der Waals surface area contributed by atoms with Gasteiger partial charge in [-0.2, -0.15) is 0 Å². The van der Waals surface area contributed by atoms with Crippen molar-refractivity contribution in [1.82, 2.24) is 4.90 Å². The van der Waals surface area contributed by atoms with E-state index in [-0.39, 0.29) is 21.9 Å². The number of quaternary nitrogens is 2. The van der Waals surface area contributed by atoms with E-state index in [0.29, 0.717) is 0 Å². The zero-order chi connectivity index (χ0) is 14.8. The molecule has 22 heavy (non-hydrogen) atoms. The first kappa shape index (κ1) is 37.7. The molecular weight excluding hydrogens is 286 g/mol. The summed E-state index contributed by atoms with van der Waals surface area (Å²) in [7, 11) is 19.6. The van der Waals surface area contributed by atoms with Gasteiger partial charge in [-0.05, 0) is 46.8 Å². The third-order valence-electron chi connectivity index (χ3n) is 2.41. The zero-order valence-electron chi connectivity index (χ0n) is 16.5. The molecule has 0 aliphatic heterocycles. The molecule has 0 fully saturated rings. The second-order valence-corrected chi connectivity index (χ2v) is 7.78. The lowest BCUT2D eigenvalue weighted by Crippen LogP contribution is -2.35. The summed E-state index contributed by atoms with van der Waals surface area (Å²) in [6.45, 7) is 2.62. The molecule has 0 aliphatic carbocycles. The van der Waals surface area contributed by atoms with Gasteiger partial charge in [-0.25, -0.2) is 0 Å². The number of hydrogen-bond donors (Lipinski definition) is 0. The third kappa shape index (κ3) is 60.1. The Morgan fingerprint density at radius 2 is 0.727 bits per heavy atom. The Hall–Kier alpha value is -0.280. The molecule has 0 aromatic carbocycles. The van der Waals surface area contributed by atoms with Crippen LogP contribution in [0.25, 0.3) is 0 Å². The highest BCUT2D eigenvalue weighted by Gasteiger charge is 2.07. The number of unbranched alkanes of at least 4 members (excludes halogenated alkanes) is 3. The van der Waals surface area contributed by atoms with Gasteiger partial charge in [-0.1, -0.05) is 0 Å². The van der Waals surface area contributed by atoms with Crippen molar-refractivity contribution in [3.05, 3.63) is 0 Å². The van der Waals surface area contributed by atoms with E-state index < -0.39 is 0 Å². The smallest absolute Gasteiger partial charge is 0.0780 e. The van der Waals surface area contributed by atoms with Crippen LogP contribution >= 0.6 is 0 Å². The first-order valence-corrected chi connectivity index (χ1v) is 7.16. The Balaban J connectivity index is -0.0000000717. The summed E-state index contributed by atoms with van der Waals surface area (Å²) < 4.78 is 2.21. The van der Waals surface area contributed by atoms with Gasteiger partial charge in [-0.3, -0.25) is 0 Å². The van der Waals surface area contributed by atoms with E-state index >= 15 is 0 Å². The quantitative estimate of drug-likeness (QED) is 0.486. The van der Waals surface area contributed by atoms with E-state index in [0.717, 1.165) is 8.97 Å². The fourth-order valence-electron chi connectivity index (χ4n) is 1.53. The fourth-order valence-corrected chi connectivity index (χ4v) is 1.53. The van der Waals surface area contributed by atoms with Crippen LogP contribution in [-0.2, 0) is 0 Å². The topological polar surface area (TPSA) is 126 Å². The lowest BCUT2D eigenvalue weighted by Gasteiger charge is -2.25. The van der Waals surface area contributed by atoms with Crippen molar-refractivity contribution in [3.63, 3.8) is 0 Å². The van der Waals surface area contributed by atoms with E-state index in [2.05, 4.69) is 42.3 Å². The molecule has 0 rings (SSSR count). The van der Waals surface area contributed by atoms with Crippen molar-refractivity contribution in [2.24, 2.45) is 0 Å². The molecule has 7 heteroatoms.